The summed E-state index contributed by atoms with van der Waals surface area (Å²) in [7, 11) is -2.91. The van der Waals surface area contributed by atoms with E-state index in [1.807, 2.05) is 43.3 Å². The molecule has 1 N–H and O–H groups in total. The Labute approximate surface area is 126 Å². The van der Waals surface area contributed by atoms with Crippen molar-refractivity contribution in [1.82, 2.24) is 5.32 Å². The minimum atomic E-state index is -2.91. The van der Waals surface area contributed by atoms with Gasteiger partial charge >= 0.3 is 0 Å². The predicted octanol–water partition coefficient (Wildman–Crippen LogP) is 2.78. The van der Waals surface area contributed by atoms with E-state index in [-0.39, 0.29) is 11.5 Å². The summed E-state index contributed by atoms with van der Waals surface area (Å²) in [5.74, 6) is 1.98. The van der Waals surface area contributed by atoms with Crippen LogP contribution in [0.4, 0.5) is 0 Å². The lowest BCUT2D eigenvalue weighted by molar-refractivity contribution is 0.497. The third kappa shape index (κ3) is 4.72. The summed E-state index contributed by atoms with van der Waals surface area (Å²) in [5.41, 5.74) is 2.25. The second kappa shape index (κ2) is 6.91. The number of benzene rings is 1. The number of hydrogen-bond donors (Lipinski definition) is 1. The van der Waals surface area contributed by atoms with Gasteiger partial charge in [0.2, 0.25) is 0 Å². The van der Waals surface area contributed by atoms with Crippen molar-refractivity contribution in [3.8, 4) is 11.3 Å². The summed E-state index contributed by atoms with van der Waals surface area (Å²) in [5, 5.41) is 3.09. The third-order valence-corrected chi connectivity index (χ3v) is 5.03. The van der Waals surface area contributed by atoms with Crippen LogP contribution in [0.1, 0.15) is 18.2 Å². The van der Waals surface area contributed by atoms with E-state index in [4.69, 9.17) is 4.42 Å². The van der Waals surface area contributed by atoms with E-state index >= 15 is 0 Å². The number of aryl methyl sites for hydroxylation is 1. The van der Waals surface area contributed by atoms with E-state index in [1.54, 1.807) is 6.92 Å². The molecule has 1 aromatic carbocycles. The second-order valence-corrected chi connectivity index (χ2v) is 7.52. The number of hydrogen-bond acceptors (Lipinski definition) is 4. The normalized spacial score (nSPS) is 11.7. The summed E-state index contributed by atoms with van der Waals surface area (Å²) in [4.78, 5) is 0. The van der Waals surface area contributed by atoms with Crippen molar-refractivity contribution in [3.63, 3.8) is 0 Å². The molecule has 114 valence electrons. The van der Waals surface area contributed by atoms with Gasteiger partial charge in [-0.1, -0.05) is 36.8 Å². The maximum absolute atomic E-state index is 11.4. The second-order valence-electron chi connectivity index (χ2n) is 5.05. The van der Waals surface area contributed by atoms with Crippen LogP contribution in [0.3, 0.4) is 0 Å². The largest absolute Gasteiger partial charge is 0.460 e. The third-order valence-electron chi connectivity index (χ3n) is 3.33. The maximum Gasteiger partial charge on any atom is 0.151 e. The molecule has 0 bridgehead atoms. The zero-order chi connectivity index (χ0) is 15.3. The Balaban J connectivity index is 1.87. The van der Waals surface area contributed by atoms with Gasteiger partial charge in [0.15, 0.2) is 9.84 Å². The summed E-state index contributed by atoms with van der Waals surface area (Å²) < 4.78 is 28.5. The van der Waals surface area contributed by atoms with Gasteiger partial charge < -0.3 is 9.73 Å². The Kier molecular flexibility index (Phi) is 5.20. The zero-order valence-corrected chi connectivity index (χ0v) is 13.2. The average molecular weight is 307 g/mol. The number of sulfone groups is 1. The predicted molar refractivity (Wildman–Crippen MR) is 84.9 cm³/mol. The Bertz CT molecular complexity index is 672. The SMILES string of the molecule is CCS(=O)(=O)CCNCc1ccc(-c2ccc(C)cc2)o1. The monoisotopic (exact) mass is 307 g/mol. The highest BCUT2D eigenvalue weighted by Crippen LogP contribution is 2.22. The summed E-state index contributed by atoms with van der Waals surface area (Å²) >= 11 is 0. The number of nitrogens with one attached hydrogen (secondary N) is 1. The fraction of sp³-hybridized carbons (Fsp3) is 0.375. The van der Waals surface area contributed by atoms with Crippen LogP contribution in [0.25, 0.3) is 11.3 Å². The summed E-state index contributed by atoms with van der Waals surface area (Å²) in [6, 6.07) is 12.0. The summed E-state index contributed by atoms with van der Waals surface area (Å²) in [6.45, 7) is 4.68. The van der Waals surface area contributed by atoms with Crippen LogP contribution in [0, 0.1) is 6.92 Å². The van der Waals surface area contributed by atoms with E-state index in [2.05, 4.69) is 5.32 Å². The molecule has 1 heterocycles. The maximum atomic E-state index is 11.4. The molecule has 0 atom stereocenters. The molecule has 4 nitrogen and oxygen atoms in total. The minimum absolute atomic E-state index is 0.162. The van der Waals surface area contributed by atoms with E-state index in [0.717, 1.165) is 17.1 Å². The number of furan rings is 1. The highest BCUT2D eigenvalue weighted by atomic mass is 32.2. The van der Waals surface area contributed by atoms with Crippen molar-refractivity contribution in [2.75, 3.05) is 18.1 Å². The fourth-order valence-electron chi connectivity index (χ4n) is 1.93. The first-order chi connectivity index (χ1) is 10.00. The van der Waals surface area contributed by atoms with E-state index in [9.17, 15) is 8.42 Å². The van der Waals surface area contributed by atoms with Crippen LogP contribution in [0.5, 0.6) is 0 Å². The van der Waals surface area contributed by atoms with Gasteiger partial charge in [0, 0.05) is 17.9 Å². The van der Waals surface area contributed by atoms with Gasteiger partial charge in [0.05, 0.1) is 12.3 Å². The minimum Gasteiger partial charge on any atom is -0.460 e. The fourth-order valence-corrected chi connectivity index (χ4v) is 2.67. The molecule has 5 heteroatoms. The lowest BCUT2D eigenvalue weighted by Crippen LogP contribution is -2.23. The van der Waals surface area contributed by atoms with Gasteiger partial charge in [-0.05, 0) is 19.1 Å². The molecular weight excluding hydrogens is 286 g/mol. The van der Waals surface area contributed by atoms with Crippen LogP contribution in [0.15, 0.2) is 40.8 Å². The van der Waals surface area contributed by atoms with Gasteiger partial charge in [-0.15, -0.1) is 0 Å². The highest BCUT2D eigenvalue weighted by Gasteiger charge is 2.07. The lowest BCUT2D eigenvalue weighted by atomic mass is 10.1. The molecule has 0 radical (unpaired) electrons. The molecule has 0 aliphatic rings. The average Bonchev–Trinajstić information content (AvgIpc) is 2.93. The van der Waals surface area contributed by atoms with Crippen molar-refractivity contribution in [2.45, 2.75) is 20.4 Å². The zero-order valence-electron chi connectivity index (χ0n) is 12.4. The molecule has 0 aliphatic heterocycles. The van der Waals surface area contributed by atoms with Crippen LogP contribution >= 0.6 is 0 Å². The standard InChI is InChI=1S/C16H21NO3S/c1-3-21(18,19)11-10-17-12-15-8-9-16(20-15)14-6-4-13(2)5-7-14/h4-9,17H,3,10-12H2,1-2H3. The topological polar surface area (TPSA) is 59.3 Å². The van der Waals surface area contributed by atoms with Crippen LogP contribution in [0.2, 0.25) is 0 Å². The highest BCUT2D eigenvalue weighted by molar-refractivity contribution is 7.91. The molecule has 0 saturated heterocycles. The van der Waals surface area contributed by atoms with Gasteiger partial charge in [0.25, 0.3) is 0 Å². The van der Waals surface area contributed by atoms with Gasteiger partial charge in [-0.2, -0.15) is 0 Å². The van der Waals surface area contributed by atoms with E-state index in [1.165, 1.54) is 5.56 Å². The van der Waals surface area contributed by atoms with Gasteiger partial charge in [0.1, 0.15) is 11.5 Å². The first-order valence-electron chi connectivity index (χ1n) is 7.07. The molecule has 0 saturated carbocycles. The van der Waals surface area contributed by atoms with Crippen molar-refractivity contribution < 1.29 is 12.8 Å². The van der Waals surface area contributed by atoms with Crippen molar-refractivity contribution in [1.29, 1.82) is 0 Å². The van der Waals surface area contributed by atoms with Gasteiger partial charge in [-0.3, -0.25) is 0 Å². The van der Waals surface area contributed by atoms with Gasteiger partial charge in [-0.25, -0.2) is 8.42 Å². The lowest BCUT2D eigenvalue weighted by Gasteiger charge is -2.03. The molecule has 0 spiro atoms. The van der Waals surface area contributed by atoms with Crippen molar-refractivity contribution in [3.05, 3.63) is 47.7 Å². The first-order valence-corrected chi connectivity index (χ1v) is 8.89. The first kappa shape index (κ1) is 15.8. The van der Waals surface area contributed by atoms with Crippen molar-refractivity contribution in [2.24, 2.45) is 0 Å². The summed E-state index contributed by atoms with van der Waals surface area (Å²) in [6.07, 6.45) is 0. The molecular formula is C16H21NO3S. The Morgan fingerprint density at radius 2 is 1.81 bits per heavy atom. The van der Waals surface area contributed by atoms with Crippen LogP contribution in [-0.4, -0.2) is 26.5 Å². The quantitative estimate of drug-likeness (QED) is 0.799. The Morgan fingerprint density at radius 3 is 2.48 bits per heavy atom. The number of rotatable bonds is 7. The molecule has 0 amide bonds. The molecule has 0 aliphatic carbocycles. The smallest absolute Gasteiger partial charge is 0.151 e. The molecule has 2 rings (SSSR count). The van der Waals surface area contributed by atoms with E-state index < -0.39 is 9.84 Å². The van der Waals surface area contributed by atoms with Crippen molar-refractivity contribution >= 4 is 9.84 Å². The van der Waals surface area contributed by atoms with Crippen LogP contribution < -0.4 is 5.32 Å². The van der Waals surface area contributed by atoms with E-state index in [0.29, 0.717) is 13.1 Å². The molecule has 21 heavy (non-hydrogen) atoms. The Hall–Kier alpha value is -1.59. The molecule has 2 aromatic rings. The molecule has 0 fully saturated rings. The molecule has 0 unspecified atom stereocenters. The Morgan fingerprint density at radius 1 is 1.10 bits per heavy atom. The van der Waals surface area contributed by atoms with Crippen LogP contribution in [-0.2, 0) is 16.4 Å². The molecule has 1 aromatic heterocycles.